The molecule has 0 radical (unpaired) electrons. The van der Waals surface area contributed by atoms with Crippen molar-refractivity contribution in [3.63, 3.8) is 0 Å². The first kappa shape index (κ1) is 17.4. The van der Waals surface area contributed by atoms with Crippen LogP contribution < -0.4 is 0 Å². The van der Waals surface area contributed by atoms with Crippen molar-refractivity contribution in [2.45, 2.75) is 70.6 Å². The lowest BCUT2D eigenvalue weighted by Crippen LogP contribution is -2.46. The van der Waals surface area contributed by atoms with Gasteiger partial charge in [-0.05, 0) is 32.6 Å². The standard InChI is InChI=1S/C14H27NO4S/c1-4-6-10-15(11(3)5-2)20(18,19)13-9-7-8-12(13)14(16)17/h11-13H,4-10H2,1-3H3,(H,16,17). The van der Waals surface area contributed by atoms with E-state index in [1.165, 1.54) is 0 Å². The molecule has 3 atom stereocenters. The summed E-state index contributed by atoms with van der Waals surface area (Å²) in [5, 5.41) is 8.47. The van der Waals surface area contributed by atoms with Gasteiger partial charge in [0.15, 0.2) is 0 Å². The molecule has 0 aromatic heterocycles. The molecule has 0 saturated heterocycles. The van der Waals surface area contributed by atoms with Gasteiger partial charge in [-0.1, -0.05) is 26.7 Å². The van der Waals surface area contributed by atoms with E-state index in [4.69, 9.17) is 0 Å². The van der Waals surface area contributed by atoms with Crippen molar-refractivity contribution in [3.8, 4) is 0 Å². The molecule has 1 aliphatic rings. The van der Waals surface area contributed by atoms with Crippen LogP contribution in [0.25, 0.3) is 0 Å². The molecule has 0 spiro atoms. The van der Waals surface area contributed by atoms with E-state index in [1.54, 1.807) is 4.31 Å². The van der Waals surface area contributed by atoms with Crippen molar-refractivity contribution < 1.29 is 18.3 Å². The largest absolute Gasteiger partial charge is 0.481 e. The van der Waals surface area contributed by atoms with Gasteiger partial charge in [-0.15, -0.1) is 0 Å². The van der Waals surface area contributed by atoms with Gasteiger partial charge < -0.3 is 5.11 Å². The van der Waals surface area contributed by atoms with E-state index < -0.39 is 27.2 Å². The van der Waals surface area contributed by atoms with Crippen molar-refractivity contribution in [2.24, 2.45) is 5.92 Å². The van der Waals surface area contributed by atoms with Gasteiger partial charge in [0.2, 0.25) is 10.0 Å². The molecular weight excluding hydrogens is 278 g/mol. The van der Waals surface area contributed by atoms with Gasteiger partial charge >= 0.3 is 5.97 Å². The predicted octanol–water partition coefficient (Wildman–Crippen LogP) is 2.47. The lowest BCUT2D eigenvalue weighted by molar-refractivity contribution is -0.141. The first-order valence-electron chi connectivity index (χ1n) is 7.59. The van der Waals surface area contributed by atoms with Gasteiger partial charge in [0.05, 0.1) is 11.2 Å². The maximum atomic E-state index is 12.8. The van der Waals surface area contributed by atoms with Crippen molar-refractivity contribution in [1.29, 1.82) is 0 Å². The number of unbranched alkanes of at least 4 members (excludes halogenated alkanes) is 1. The molecule has 5 nitrogen and oxygen atoms in total. The van der Waals surface area contributed by atoms with E-state index in [9.17, 15) is 18.3 Å². The molecule has 1 N–H and O–H groups in total. The van der Waals surface area contributed by atoms with E-state index in [1.807, 2.05) is 20.8 Å². The topological polar surface area (TPSA) is 74.7 Å². The molecule has 1 fully saturated rings. The third kappa shape index (κ3) is 3.73. The van der Waals surface area contributed by atoms with Gasteiger partial charge in [-0.25, -0.2) is 8.42 Å². The van der Waals surface area contributed by atoms with Crippen LogP contribution in [-0.2, 0) is 14.8 Å². The van der Waals surface area contributed by atoms with Gasteiger partial charge in [-0.2, -0.15) is 4.31 Å². The SMILES string of the molecule is CCCCN(C(C)CC)S(=O)(=O)C1CCCC1C(=O)O. The number of carboxylic acids is 1. The molecule has 20 heavy (non-hydrogen) atoms. The fraction of sp³-hybridized carbons (Fsp3) is 0.929. The lowest BCUT2D eigenvalue weighted by Gasteiger charge is -2.31. The Kier molecular flexibility index (Phi) is 6.45. The lowest BCUT2D eigenvalue weighted by atomic mass is 10.1. The van der Waals surface area contributed by atoms with Crippen LogP contribution in [0.4, 0.5) is 0 Å². The highest BCUT2D eigenvalue weighted by Crippen LogP contribution is 2.34. The minimum atomic E-state index is -3.53. The maximum Gasteiger partial charge on any atom is 0.307 e. The first-order valence-corrected chi connectivity index (χ1v) is 9.10. The van der Waals surface area contributed by atoms with Crippen molar-refractivity contribution in [3.05, 3.63) is 0 Å². The average Bonchev–Trinajstić information content (AvgIpc) is 2.88. The second-order valence-electron chi connectivity index (χ2n) is 5.68. The molecule has 0 aromatic carbocycles. The molecule has 6 heteroatoms. The van der Waals surface area contributed by atoms with Gasteiger partial charge in [0.1, 0.15) is 0 Å². The van der Waals surface area contributed by atoms with Gasteiger partial charge in [0.25, 0.3) is 0 Å². The molecule has 0 bridgehead atoms. The third-order valence-electron chi connectivity index (χ3n) is 4.29. The highest BCUT2D eigenvalue weighted by molar-refractivity contribution is 7.89. The summed E-state index contributed by atoms with van der Waals surface area (Å²) in [5.74, 6) is -1.72. The molecule has 1 saturated carbocycles. The highest BCUT2D eigenvalue weighted by atomic mass is 32.2. The Labute approximate surface area is 122 Å². The smallest absolute Gasteiger partial charge is 0.307 e. The van der Waals surface area contributed by atoms with Crippen LogP contribution in [0.2, 0.25) is 0 Å². The number of carboxylic acid groups (broad SMARTS) is 1. The molecular formula is C14H27NO4S. The van der Waals surface area contributed by atoms with Crippen molar-refractivity contribution in [2.75, 3.05) is 6.54 Å². The quantitative estimate of drug-likeness (QED) is 0.747. The Morgan fingerprint density at radius 2 is 2.00 bits per heavy atom. The van der Waals surface area contributed by atoms with E-state index in [0.717, 1.165) is 19.3 Å². The number of carbonyl (C=O) groups is 1. The van der Waals surface area contributed by atoms with Crippen LogP contribution in [0.3, 0.4) is 0 Å². The second kappa shape index (κ2) is 7.41. The molecule has 0 aromatic rings. The summed E-state index contributed by atoms with van der Waals surface area (Å²) in [4.78, 5) is 11.3. The Bertz CT molecular complexity index is 421. The molecule has 0 aliphatic heterocycles. The number of nitrogens with zero attached hydrogens (tertiary/aromatic N) is 1. The average molecular weight is 305 g/mol. The van der Waals surface area contributed by atoms with Gasteiger partial charge in [-0.3, -0.25) is 4.79 Å². The van der Waals surface area contributed by atoms with Gasteiger partial charge in [0, 0.05) is 12.6 Å². The summed E-state index contributed by atoms with van der Waals surface area (Å²) in [6.45, 7) is 6.38. The summed E-state index contributed by atoms with van der Waals surface area (Å²) in [6, 6.07) is -0.0680. The Balaban J connectivity index is 2.99. The van der Waals surface area contributed by atoms with Crippen LogP contribution >= 0.6 is 0 Å². The number of hydrogen-bond donors (Lipinski definition) is 1. The van der Waals surface area contributed by atoms with Crippen LogP contribution in [0.15, 0.2) is 0 Å². The van der Waals surface area contributed by atoms with E-state index in [0.29, 0.717) is 25.8 Å². The van der Waals surface area contributed by atoms with Crippen LogP contribution in [0, 0.1) is 5.92 Å². The summed E-state index contributed by atoms with van der Waals surface area (Å²) in [7, 11) is -3.53. The normalized spacial score (nSPS) is 25.0. The molecule has 1 rings (SSSR count). The summed E-state index contributed by atoms with van der Waals surface area (Å²) >= 11 is 0. The van der Waals surface area contributed by atoms with Crippen LogP contribution in [0.1, 0.15) is 59.3 Å². The molecule has 1 aliphatic carbocycles. The summed E-state index contributed by atoms with van der Waals surface area (Å²) < 4.78 is 27.2. The predicted molar refractivity (Wildman–Crippen MR) is 79.1 cm³/mol. The number of rotatable bonds is 8. The molecule has 3 unspecified atom stereocenters. The Morgan fingerprint density at radius 3 is 2.50 bits per heavy atom. The number of sulfonamides is 1. The Hall–Kier alpha value is -0.620. The van der Waals surface area contributed by atoms with Crippen LogP contribution in [0.5, 0.6) is 0 Å². The summed E-state index contributed by atoms with van der Waals surface area (Å²) in [6.07, 6.45) is 4.11. The van der Waals surface area contributed by atoms with E-state index >= 15 is 0 Å². The molecule has 0 amide bonds. The second-order valence-corrected chi connectivity index (χ2v) is 7.79. The zero-order chi connectivity index (χ0) is 15.3. The van der Waals surface area contributed by atoms with Crippen molar-refractivity contribution >= 4 is 16.0 Å². The van der Waals surface area contributed by atoms with E-state index in [-0.39, 0.29) is 6.04 Å². The zero-order valence-electron chi connectivity index (χ0n) is 12.7. The fourth-order valence-electron chi connectivity index (χ4n) is 2.85. The highest BCUT2D eigenvalue weighted by Gasteiger charge is 2.44. The minimum Gasteiger partial charge on any atom is -0.481 e. The van der Waals surface area contributed by atoms with E-state index in [2.05, 4.69) is 0 Å². The molecule has 0 heterocycles. The maximum absolute atomic E-state index is 12.8. The van der Waals surface area contributed by atoms with Crippen molar-refractivity contribution in [1.82, 2.24) is 4.31 Å². The van der Waals surface area contributed by atoms with Crippen LogP contribution in [-0.4, -0.2) is 41.6 Å². The minimum absolute atomic E-state index is 0.0680. The number of hydrogen-bond acceptors (Lipinski definition) is 3. The zero-order valence-corrected chi connectivity index (χ0v) is 13.5. The monoisotopic (exact) mass is 305 g/mol. The Morgan fingerprint density at radius 1 is 1.35 bits per heavy atom. The third-order valence-corrected chi connectivity index (χ3v) is 6.82. The summed E-state index contributed by atoms with van der Waals surface area (Å²) in [5.41, 5.74) is 0. The number of aliphatic carboxylic acids is 1. The fourth-order valence-corrected chi connectivity index (χ4v) is 5.37. The first-order chi connectivity index (χ1) is 9.36. The molecule has 118 valence electrons.